The van der Waals surface area contributed by atoms with E-state index in [1.54, 1.807) is 11.8 Å². The minimum Gasteiger partial charge on any atom is -0.350 e. The number of amides is 2. The Morgan fingerprint density at radius 3 is 2.47 bits per heavy atom. The van der Waals surface area contributed by atoms with Crippen molar-refractivity contribution in [2.75, 3.05) is 6.54 Å². The quantitative estimate of drug-likeness (QED) is 0.739. The molecule has 1 aliphatic rings. The average molecular weight is 212 g/mol. The van der Waals surface area contributed by atoms with Gasteiger partial charge in [-0.25, -0.2) is 0 Å². The third-order valence-electron chi connectivity index (χ3n) is 2.46. The first kappa shape index (κ1) is 12.0. The zero-order valence-corrected chi connectivity index (χ0v) is 9.96. The number of likely N-dealkylation sites (tertiary alicyclic amines) is 1. The van der Waals surface area contributed by atoms with E-state index in [1.807, 2.05) is 20.8 Å². The molecule has 86 valence electrons. The summed E-state index contributed by atoms with van der Waals surface area (Å²) in [5, 5.41) is 2.88. The van der Waals surface area contributed by atoms with E-state index in [2.05, 4.69) is 5.32 Å². The fourth-order valence-electron chi connectivity index (χ4n) is 1.69. The lowest BCUT2D eigenvalue weighted by atomic mass is 10.1. The first-order valence-electron chi connectivity index (χ1n) is 5.43. The van der Waals surface area contributed by atoms with Crippen molar-refractivity contribution in [1.29, 1.82) is 0 Å². The normalized spacial score (nSPS) is 19.2. The van der Waals surface area contributed by atoms with E-state index in [9.17, 15) is 9.59 Å². The zero-order chi connectivity index (χ0) is 11.6. The highest BCUT2D eigenvalue weighted by atomic mass is 16.2. The molecule has 2 amide bonds. The van der Waals surface area contributed by atoms with Crippen molar-refractivity contribution < 1.29 is 9.59 Å². The fourth-order valence-corrected chi connectivity index (χ4v) is 1.69. The van der Waals surface area contributed by atoms with Gasteiger partial charge in [0.1, 0.15) is 6.04 Å². The lowest BCUT2D eigenvalue weighted by molar-refractivity contribution is -0.137. The second-order valence-corrected chi connectivity index (χ2v) is 5.11. The third-order valence-corrected chi connectivity index (χ3v) is 2.46. The molecule has 0 saturated carbocycles. The second kappa shape index (κ2) is 4.21. The Hall–Kier alpha value is -1.06. The first-order valence-corrected chi connectivity index (χ1v) is 5.43. The molecule has 0 radical (unpaired) electrons. The molecule has 15 heavy (non-hydrogen) atoms. The molecule has 1 rings (SSSR count). The van der Waals surface area contributed by atoms with Crippen LogP contribution in [0.1, 0.15) is 40.5 Å². The molecule has 0 aliphatic carbocycles. The maximum Gasteiger partial charge on any atom is 0.242 e. The van der Waals surface area contributed by atoms with Gasteiger partial charge >= 0.3 is 0 Å². The summed E-state index contributed by atoms with van der Waals surface area (Å²) >= 11 is 0. The topological polar surface area (TPSA) is 49.4 Å². The van der Waals surface area contributed by atoms with E-state index in [4.69, 9.17) is 0 Å². The van der Waals surface area contributed by atoms with Gasteiger partial charge in [0, 0.05) is 18.5 Å². The zero-order valence-electron chi connectivity index (χ0n) is 9.96. The van der Waals surface area contributed by atoms with E-state index in [-0.39, 0.29) is 23.4 Å². The van der Waals surface area contributed by atoms with Crippen molar-refractivity contribution in [2.24, 2.45) is 0 Å². The third kappa shape index (κ3) is 3.22. The second-order valence-electron chi connectivity index (χ2n) is 5.11. The van der Waals surface area contributed by atoms with E-state index >= 15 is 0 Å². The molecule has 0 bridgehead atoms. The fraction of sp³-hybridized carbons (Fsp3) is 0.818. The van der Waals surface area contributed by atoms with E-state index in [0.717, 1.165) is 6.42 Å². The van der Waals surface area contributed by atoms with Crippen LogP contribution in [0.2, 0.25) is 0 Å². The number of carbonyl (C=O) groups is 2. The Balaban J connectivity index is 2.56. The highest BCUT2D eigenvalue weighted by Gasteiger charge is 2.30. The molecule has 0 aromatic carbocycles. The van der Waals surface area contributed by atoms with Crippen LogP contribution in [0.25, 0.3) is 0 Å². The Labute approximate surface area is 91.0 Å². The lowest BCUT2D eigenvalue weighted by Gasteiger charge is -2.28. The molecule has 1 aliphatic heterocycles. The van der Waals surface area contributed by atoms with Gasteiger partial charge in [0.05, 0.1) is 0 Å². The molecular weight excluding hydrogens is 192 g/mol. The monoisotopic (exact) mass is 212 g/mol. The lowest BCUT2D eigenvalue weighted by Crippen LogP contribution is -2.51. The van der Waals surface area contributed by atoms with Crippen molar-refractivity contribution in [1.82, 2.24) is 10.2 Å². The van der Waals surface area contributed by atoms with Gasteiger partial charge in [-0.2, -0.15) is 0 Å². The Morgan fingerprint density at radius 2 is 2.07 bits per heavy atom. The molecule has 0 spiro atoms. The summed E-state index contributed by atoms with van der Waals surface area (Å²) in [7, 11) is 0. The highest BCUT2D eigenvalue weighted by molar-refractivity contribution is 5.88. The van der Waals surface area contributed by atoms with Gasteiger partial charge in [-0.15, -0.1) is 0 Å². The molecule has 0 aromatic rings. The van der Waals surface area contributed by atoms with Crippen LogP contribution in [0.5, 0.6) is 0 Å². The van der Waals surface area contributed by atoms with Gasteiger partial charge in [-0.05, 0) is 34.1 Å². The van der Waals surface area contributed by atoms with Crippen molar-refractivity contribution in [3.05, 3.63) is 0 Å². The predicted molar refractivity (Wildman–Crippen MR) is 58.3 cm³/mol. The molecule has 4 heteroatoms. The van der Waals surface area contributed by atoms with Gasteiger partial charge < -0.3 is 10.2 Å². The minimum atomic E-state index is -0.348. The highest BCUT2D eigenvalue weighted by Crippen LogP contribution is 2.14. The van der Waals surface area contributed by atoms with Crippen LogP contribution in [0.15, 0.2) is 0 Å². The maximum absolute atomic E-state index is 11.8. The van der Waals surface area contributed by atoms with Gasteiger partial charge in [0.15, 0.2) is 0 Å². The van der Waals surface area contributed by atoms with E-state index in [1.165, 1.54) is 0 Å². The Kier molecular flexibility index (Phi) is 3.37. The standard InChI is InChI=1S/C11H20N2O2/c1-8(10(15)12-11(2,3)4)13-7-5-6-9(13)14/h8H,5-7H2,1-4H3,(H,12,15). The van der Waals surface area contributed by atoms with Gasteiger partial charge in [0.2, 0.25) is 11.8 Å². The van der Waals surface area contributed by atoms with Crippen LogP contribution in [0.4, 0.5) is 0 Å². The largest absolute Gasteiger partial charge is 0.350 e. The summed E-state index contributed by atoms with van der Waals surface area (Å²) < 4.78 is 0. The SMILES string of the molecule is CC(C(=O)NC(C)(C)C)N1CCCC1=O. The van der Waals surface area contributed by atoms with Crippen LogP contribution in [-0.2, 0) is 9.59 Å². The van der Waals surface area contributed by atoms with Crippen LogP contribution in [0, 0.1) is 0 Å². The summed E-state index contributed by atoms with van der Waals surface area (Å²) in [6.45, 7) is 8.29. The summed E-state index contributed by atoms with van der Waals surface area (Å²) in [6, 6.07) is -0.348. The summed E-state index contributed by atoms with van der Waals surface area (Å²) in [6.07, 6.45) is 1.44. The molecule has 1 unspecified atom stereocenters. The number of nitrogens with one attached hydrogen (secondary N) is 1. The molecule has 1 N–H and O–H groups in total. The Bertz CT molecular complexity index is 268. The molecule has 4 nitrogen and oxygen atoms in total. The van der Waals surface area contributed by atoms with Crippen LogP contribution < -0.4 is 5.32 Å². The van der Waals surface area contributed by atoms with Crippen molar-refractivity contribution in [3.8, 4) is 0 Å². The molecule has 0 aromatic heterocycles. The van der Waals surface area contributed by atoms with Crippen molar-refractivity contribution in [2.45, 2.75) is 52.1 Å². The van der Waals surface area contributed by atoms with Gasteiger partial charge in [-0.1, -0.05) is 0 Å². The van der Waals surface area contributed by atoms with Crippen molar-refractivity contribution in [3.63, 3.8) is 0 Å². The molecule has 1 atom stereocenters. The number of rotatable bonds is 2. The predicted octanol–water partition coefficient (Wildman–Crippen LogP) is 0.912. The number of nitrogens with zero attached hydrogens (tertiary/aromatic N) is 1. The first-order chi connectivity index (χ1) is 6.81. The van der Waals surface area contributed by atoms with Gasteiger partial charge in [0.25, 0.3) is 0 Å². The van der Waals surface area contributed by atoms with E-state index < -0.39 is 0 Å². The maximum atomic E-state index is 11.8. The van der Waals surface area contributed by atoms with E-state index in [0.29, 0.717) is 13.0 Å². The number of hydrogen-bond acceptors (Lipinski definition) is 2. The summed E-state index contributed by atoms with van der Waals surface area (Å²) in [4.78, 5) is 24.9. The minimum absolute atomic E-state index is 0.0715. The number of hydrogen-bond donors (Lipinski definition) is 1. The number of carbonyl (C=O) groups excluding carboxylic acids is 2. The van der Waals surface area contributed by atoms with Crippen LogP contribution >= 0.6 is 0 Å². The summed E-state index contributed by atoms with van der Waals surface area (Å²) in [5.74, 6) is 0.0179. The molecule has 1 heterocycles. The molecular formula is C11H20N2O2. The van der Waals surface area contributed by atoms with Crippen LogP contribution in [-0.4, -0.2) is 34.8 Å². The van der Waals surface area contributed by atoms with Crippen LogP contribution in [0.3, 0.4) is 0 Å². The smallest absolute Gasteiger partial charge is 0.242 e. The molecule has 1 fully saturated rings. The van der Waals surface area contributed by atoms with Gasteiger partial charge in [-0.3, -0.25) is 9.59 Å². The van der Waals surface area contributed by atoms with Crippen molar-refractivity contribution >= 4 is 11.8 Å². The molecule has 1 saturated heterocycles. The average Bonchev–Trinajstić information content (AvgIpc) is 2.47. The summed E-state index contributed by atoms with van der Waals surface area (Å²) in [5.41, 5.74) is -0.242. The Morgan fingerprint density at radius 1 is 1.47 bits per heavy atom.